The first kappa shape index (κ1) is 11.8. The average Bonchev–Trinajstić information content (AvgIpc) is 2.26. The van der Waals surface area contributed by atoms with Gasteiger partial charge in [0.2, 0.25) is 0 Å². The van der Waals surface area contributed by atoms with Crippen LogP contribution in [-0.2, 0) is 0 Å². The zero-order valence-electron chi connectivity index (χ0n) is 9.56. The number of nitrogens with one attached hydrogen (secondary N) is 1. The van der Waals surface area contributed by atoms with Crippen LogP contribution in [0.25, 0.3) is 0 Å². The summed E-state index contributed by atoms with van der Waals surface area (Å²) >= 11 is 0. The molecule has 0 unspecified atom stereocenters. The largest absolute Gasteiger partial charge is 0.333 e. The van der Waals surface area contributed by atoms with Gasteiger partial charge in [-0.05, 0) is 25.3 Å². The van der Waals surface area contributed by atoms with E-state index in [1.54, 1.807) is 4.90 Å². The first-order valence-corrected chi connectivity index (χ1v) is 5.79. The fraction of sp³-hybridized carbons (Fsp3) is 0.545. The number of hydrogen-bond donors (Lipinski definition) is 2. The minimum atomic E-state index is -0.310. The number of hydrogen-bond acceptors (Lipinski definition) is 4. The van der Waals surface area contributed by atoms with Crippen molar-refractivity contribution >= 4 is 5.91 Å². The number of aromatic nitrogens is 2. The number of rotatable bonds is 4. The van der Waals surface area contributed by atoms with Gasteiger partial charge in [-0.15, -0.1) is 0 Å². The van der Waals surface area contributed by atoms with Gasteiger partial charge < -0.3 is 10.6 Å². The van der Waals surface area contributed by atoms with Crippen molar-refractivity contribution in [3.8, 4) is 0 Å². The SMILES string of the molecule is NCCN(C(=O)c1ccc(=O)[nH]n1)C1CCC1. The van der Waals surface area contributed by atoms with Gasteiger partial charge in [0.1, 0.15) is 5.69 Å². The molecule has 1 heterocycles. The predicted octanol–water partition coefficient (Wildman–Crippen LogP) is -0.277. The quantitative estimate of drug-likeness (QED) is 0.752. The summed E-state index contributed by atoms with van der Waals surface area (Å²) in [6.07, 6.45) is 3.20. The van der Waals surface area contributed by atoms with Gasteiger partial charge in [-0.25, -0.2) is 5.10 Å². The molecule has 0 bridgehead atoms. The molecule has 2 rings (SSSR count). The third-order valence-corrected chi connectivity index (χ3v) is 3.04. The first-order chi connectivity index (χ1) is 8.22. The second kappa shape index (κ2) is 5.09. The van der Waals surface area contributed by atoms with Crippen LogP contribution in [0.1, 0.15) is 29.8 Å². The van der Waals surface area contributed by atoms with E-state index < -0.39 is 0 Å². The molecule has 6 heteroatoms. The zero-order chi connectivity index (χ0) is 12.3. The third kappa shape index (κ3) is 2.52. The van der Waals surface area contributed by atoms with Crippen LogP contribution in [0.15, 0.2) is 16.9 Å². The summed E-state index contributed by atoms with van der Waals surface area (Å²) in [5, 5.41) is 6.02. The van der Waals surface area contributed by atoms with Crippen molar-refractivity contribution in [1.82, 2.24) is 15.1 Å². The number of carbonyl (C=O) groups excluding carboxylic acids is 1. The van der Waals surface area contributed by atoms with Gasteiger partial charge in [-0.1, -0.05) is 0 Å². The van der Waals surface area contributed by atoms with Crippen LogP contribution in [-0.4, -0.2) is 40.1 Å². The molecular formula is C11H16N4O2. The normalized spacial score (nSPS) is 15.4. The Bertz CT molecular complexity index is 433. The van der Waals surface area contributed by atoms with Crippen molar-refractivity contribution in [3.05, 3.63) is 28.2 Å². The van der Waals surface area contributed by atoms with Gasteiger partial charge in [0.05, 0.1) is 0 Å². The Morgan fingerprint density at radius 1 is 1.53 bits per heavy atom. The molecule has 17 heavy (non-hydrogen) atoms. The molecular weight excluding hydrogens is 220 g/mol. The molecule has 6 nitrogen and oxygen atoms in total. The van der Waals surface area contributed by atoms with Gasteiger partial charge in [0.25, 0.3) is 11.5 Å². The van der Waals surface area contributed by atoms with Crippen molar-refractivity contribution < 1.29 is 4.79 Å². The van der Waals surface area contributed by atoms with E-state index in [0.717, 1.165) is 19.3 Å². The topological polar surface area (TPSA) is 92.1 Å². The monoisotopic (exact) mass is 236 g/mol. The molecule has 1 amide bonds. The van der Waals surface area contributed by atoms with Crippen LogP contribution in [0.2, 0.25) is 0 Å². The average molecular weight is 236 g/mol. The molecule has 1 aromatic rings. The van der Waals surface area contributed by atoms with Crippen LogP contribution >= 0.6 is 0 Å². The van der Waals surface area contributed by atoms with Crippen LogP contribution in [0.5, 0.6) is 0 Å². The Kier molecular flexibility index (Phi) is 3.53. The first-order valence-electron chi connectivity index (χ1n) is 5.79. The summed E-state index contributed by atoms with van der Waals surface area (Å²) in [6.45, 7) is 0.968. The number of H-pyrrole nitrogens is 1. The van der Waals surface area contributed by atoms with E-state index >= 15 is 0 Å². The number of aromatic amines is 1. The van der Waals surface area contributed by atoms with E-state index in [9.17, 15) is 9.59 Å². The number of nitrogens with two attached hydrogens (primary N) is 1. The summed E-state index contributed by atoms with van der Waals surface area (Å²) in [5.41, 5.74) is 5.47. The van der Waals surface area contributed by atoms with Crippen LogP contribution < -0.4 is 11.3 Å². The summed E-state index contributed by atoms with van der Waals surface area (Å²) in [7, 11) is 0. The fourth-order valence-corrected chi connectivity index (χ4v) is 1.90. The lowest BCUT2D eigenvalue weighted by Crippen LogP contribution is -2.46. The number of amides is 1. The van der Waals surface area contributed by atoms with E-state index in [4.69, 9.17) is 5.73 Å². The fourth-order valence-electron chi connectivity index (χ4n) is 1.90. The molecule has 3 N–H and O–H groups in total. The lowest BCUT2D eigenvalue weighted by Gasteiger charge is -2.37. The van der Waals surface area contributed by atoms with Gasteiger partial charge in [0, 0.05) is 25.2 Å². The molecule has 1 aromatic heterocycles. The third-order valence-electron chi connectivity index (χ3n) is 3.04. The molecule has 0 aliphatic heterocycles. The van der Waals surface area contributed by atoms with Crippen LogP contribution in [0.3, 0.4) is 0 Å². The van der Waals surface area contributed by atoms with Crippen molar-refractivity contribution in [2.75, 3.05) is 13.1 Å². The minimum absolute atomic E-state index is 0.156. The Hall–Kier alpha value is -1.69. The van der Waals surface area contributed by atoms with Crippen molar-refractivity contribution in [2.45, 2.75) is 25.3 Å². The highest BCUT2D eigenvalue weighted by molar-refractivity contribution is 5.92. The van der Waals surface area contributed by atoms with E-state index in [0.29, 0.717) is 13.1 Å². The summed E-state index contributed by atoms with van der Waals surface area (Å²) < 4.78 is 0. The highest BCUT2D eigenvalue weighted by atomic mass is 16.2. The van der Waals surface area contributed by atoms with Gasteiger partial charge in [-0.2, -0.15) is 5.10 Å². The molecule has 0 aromatic carbocycles. The second-order valence-corrected chi connectivity index (χ2v) is 4.18. The smallest absolute Gasteiger partial charge is 0.274 e. The van der Waals surface area contributed by atoms with Gasteiger partial charge in [-0.3, -0.25) is 9.59 Å². The molecule has 1 aliphatic rings. The predicted molar refractivity (Wildman–Crippen MR) is 62.6 cm³/mol. The lowest BCUT2D eigenvalue weighted by atomic mass is 9.91. The highest BCUT2D eigenvalue weighted by Gasteiger charge is 2.29. The molecule has 0 atom stereocenters. The van der Waals surface area contributed by atoms with E-state index in [-0.39, 0.29) is 23.2 Å². The van der Waals surface area contributed by atoms with E-state index in [1.165, 1.54) is 12.1 Å². The minimum Gasteiger partial charge on any atom is -0.333 e. The van der Waals surface area contributed by atoms with Crippen LogP contribution in [0.4, 0.5) is 0 Å². The maximum Gasteiger partial charge on any atom is 0.274 e. The van der Waals surface area contributed by atoms with Gasteiger partial charge >= 0.3 is 0 Å². The van der Waals surface area contributed by atoms with Crippen LogP contribution in [0, 0.1) is 0 Å². The van der Waals surface area contributed by atoms with Crippen molar-refractivity contribution in [3.63, 3.8) is 0 Å². The molecule has 1 aliphatic carbocycles. The molecule has 1 saturated carbocycles. The molecule has 1 fully saturated rings. The summed E-state index contributed by atoms with van der Waals surface area (Å²) in [6, 6.07) is 3.03. The molecule has 0 saturated heterocycles. The standard InChI is InChI=1S/C11H16N4O2/c12-6-7-15(8-2-1-3-8)11(17)9-4-5-10(16)14-13-9/h4-5,8H,1-3,6-7,12H2,(H,14,16). The summed E-state index contributed by atoms with van der Waals surface area (Å²) in [4.78, 5) is 24.8. The van der Waals surface area contributed by atoms with E-state index in [2.05, 4.69) is 10.2 Å². The molecule has 0 radical (unpaired) electrons. The molecule has 92 valence electrons. The Labute approximate surface area is 98.8 Å². The van der Waals surface area contributed by atoms with Gasteiger partial charge in [0.15, 0.2) is 0 Å². The number of carbonyl (C=O) groups is 1. The Morgan fingerprint density at radius 3 is 2.76 bits per heavy atom. The lowest BCUT2D eigenvalue weighted by molar-refractivity contribution is 0.0581. The highest BCUT2D eigenvalue weighted by Crippen LogP contribution is 2.25. The van der Waals surface area contributed by atoms with E-state index in [1.807, 2.05) is 0 Å². The Balaban J connectivity index is 2.14. The van der Waals surface area contributed by atoms with Crippen molar-refractivity contribution in [2.24, 2.45) is 5.73 Å². The summed E-state index contributed by atoms with van der Waals surface area (Å²) in [5.74, 6) is -0.156. The maximum absolute atomic E-state index is 12.2. The Morgan fingerprint density at radius 2 is 2.29 bits per heavy atom. The van der Waals surface area contributed by atoms with Crippen molar-refractivity contribution in [1.29, 1.82) is 0 Å². The second-order valence-electron chi connectivity index (χ2n) is 4.18. The number of nitrogens with zero attached hydrogens (tertiary/aromatic N) is 2. The zero-order valence-corrected chi connectivity index (χ0v) is 9.56. The molecule has 0 spiro atoms. The maximum atomic E-state index is 12.2.